The number of hydrogen-bond acceptors (Lipinski definition) is 5. The van der Waals surface area contributed by atoms with E-state index in [-0.39, 0.29) is 30.1 Å². The minimum Gasteiger partial charge on any atom is -0.494 e. The summed E-state index contributed by atoms with van der Waals surface area (Å²) in [7, 11) is -3.11. The molecule has 0 radical (unpaired) electrons. The topological polar surface area (TPSA) is 72.9 Å². The fourth-order valence-corrected chi connectivity index (χ4v) is 5.47. The highest BCUT2D eigenvalue weighted by atomic mass is 32.2. The fourth-order valence-electron chi connectivity index (χ4n) is 3.74. The van der Waals surface area contributed by atoms with E-state index in [0.29, 0.717) is 25.3 Å². The van der Waals surface area contributed by atoms with Gasteiger partial charge in [-0.1, -0.05) is 18.2 Å². The predicted molar refractivity (Wildman–Crippen MR) is 117 cm³/mol. The average Bonchev–Trinajstić information content (AvgIpc) is 3.04. The van der Waals surface area contributed by atoms with Crippen LogP contribution in [-0.4, -0.2) is 50.0 Å². The van der Waals surface area contributed by atoms with Gasteiger partial charge in [-0.2, -0.15) is 0 Å². The van der Waals surface area contributed by atoms with Gasteiger partial charge in [0.1, 0.15) is 11.5 Å². The third kappa shape index (κ3) is 5.98. The van der Waals surface area contributed by atoms with Crippen LogP contribution in [0.2, 0.25) is 0 Å². The number of hydrogen-bond donors (Lipinski definition) is 0. The smallest absolute Gasteiger partial charge is 0.261 e. The molecule has 2 aromatic carbocycles. The Morgan fingerprint density at radius 3 is 2.27 bits per heavy atom. The molecule has 2 aromatic rings. The second kappa shape index (κ2) is 9.51. The van der Waals surface area contributed by atoms with Gasteiger partial charge in [-0.3, -0.25) is 4.79 Å². The molecule has 1 atom stereocenters. The van der Waals surface area contributed by atoms with Crippen LogP contribution in [0.5, 0.6) is 11.5 Å². The third-order valence-corrected chi connectivity index (χ3v) is 6.86. The molecule has 1 aliphatic heterocycles. The van der Waals surface area contributed by atoms with Crippen LogP contribution in [0.1, 0.15) is 30.0 Å². The Balaban J connectivity index is 1.73. The molecule has 3 rings (SSSR count). The molecule has 0 spiro atoms. The second-order valence-electron chi connectivity index (χ2n) is 7.77. The second-order valence-corrected chi connectivity index (χ2v) is 10.00. The molecule has 162 valence electrons. The van der Waals surface area contributed by atoms with Crippen molar-refractivity contribution in [2.75, 3.05) is 24.7 Å². The van der Waals surface area contributed by atoms with E-state index in [1.165, 1.54) is 0 Å². The van der Waals surface area contributed by atoms with E-state index in [4.69, 9.17) is 9.47 Å². The van der Waals surface area contributed by atoms with Crippen molar-refractivity contribution in [3.8, 4) is 11.5 Å². The molecule has 0 saturated carbocycles. The SMILES string of the molecule is CCOc1ccc(CN(C(=O)COc2cc(C)cc(C)c2)C2CCS(=O)(=O)C2)cc1. The Bertz CT molecular complexity index is 965. The van der Waals surface area contributed by atoms with Gasteiger partial charge >= 0.3 is 0 Å². The molecule has 1 heterocycles. The maximum Gasteiger partial charge on any atom is 0.261 e. The normalized spacial score (nSPS) is 17.5. The van der Waals surface area contributed by atoms with Gasteiger partial charge in [0.05, 0.1) is 18.1 Å². The average molecular weight is 432 g/mol. The highest BCUT2D eigenvalue weighted by molar-refractivity contribution is 7.91. The minimum absolute atomic E-state index is 0.000672. The zero-order valence-electron chi connectivity index (χ0n) is 17.8. The molecular weight excluding hydrogens is 402 g/mol. The van der Waals surface area contributed by atoms with Crippen LogP contribution in [0.3, 0.4) is 0 Å². The molecule has 1 fully saturated rings. The van der Waals surface area contributed by atoms with E-state index in [1.807, 2.05) is 63.2 Å². The molecule has 1 saturated heterocycles. The van der Waals surface area contributed by atoms with Gasteiger partial charge in [-0.05, 0) is 68.1 Å². The maximum absolute atomic E-state index is 13.0. The van der Waals surface area contributed by atoms with Gasteiger partial charge in [-0.25, -0.2) is 8.42 Å². The number of carbonyl (C=O) groups excluding carboxylic acids is 1. The van der Waals surface area contributed by atoms with Crippen LogP contribution >= 0.6 is 0 Å². The van der Waals surface area contributed by atoms with E-state index in [2.05, 4.69) is 0 Å². The summed E-state index contributed by atoms with van der Waals surface area (Å²) in [5.41, 5.74) is 3.04. The summed E-state index contributed by atoms with van der Waals surface area (Å²) in [4.78, 5) is 14.7. The van der Waals surface area contributed by atoms with Crippen molar-refractivity contribution in [3.63, 3.8) is 0 Å². The van der Waals surface area contributed by atoms with Crippen molar-refractivity contribution < 1.29 is 22.7 Å². The van der Waals surface area contributed by atoms with Crippen molar-refractivity contribution in [2.24, 2.45) is 0 Å². The standard InChI is InChI=1S/C23H29NO5S/c1-4-28-21-7-5-19(6-8-21)14-24(20-9-10-30(26,27)16-20)23(25)15-29-22-12-17(2)11-18(3)13-22/h5-8,11-13,20H,4,9-10,14-16H2,1-3H3. The van der Waals surface area contributed by atoms with Crippen LogP contribution in [0, 0.1) is 13.8 Å². The Morgan fingerprint density at radius 2 is 1.70 bits per heavy atom. The van der Waals surface area contributed by atoms with Gasteiger partial charge in [-0.15, -0.1) is 0 Å². The summed E-state index contributed by atoms with van der Waals surface area (Å²) in [5.74, 6) is 1.30. The number of sulfone groups is 1. The quantitative estimate of drug-likeness (QED) is 0.641. The molecule has 0 aromatic heterocycles. The number of nitrogens with zero attached hydrogens (tertiary/aromatic N) is 1. The fraction of sp³-hybridized carbons (Fsp3) is 0.435. The first-order valence-corrected chi connectivity index (χ1v) is 12.0. The summed E-state index contributed by atoms with van der Waals surface area (Å²) in [6.07, 6.45) is 0.453. The van der Waals surface area contributed by atoms with E-state index in [1.54, 1.807) is 4.90 Å². The number of amides is 1. The van der Waals surface area contributed by atoms with Gasteiger partial charge in [0, 0.05) is 12.6 Å². The molecule has 1 unspecified atom stereocenters. The molecule has 6 nitrogen and oxygen atoms in total. The molecule has 30 heavy (non-hydrogen) atoms. The van der Waals surface area contributed by atoms with Crippen molar-refractivity contribution in [2.45, 2.75) is 39.8 Å². The number of rotatable bonds is 8. The lowest BCUT2D eigenvalue weighted by atomic mass is 10.1. The van der Waals surface area contributed by atoms with Gasteiger partial charge in [0.15, 0.2) is 16.4 Å². The van der Waals surface area contributed by atoms with E-state index in [9.17, 15) is 13.2 Å². The van der Waals surface area contributed by atoms with Crippen LogP contribution < -0.4 is 9.47 Å². The monoisotopic (exact) mass is 431 g/mol. The summed E-state index contributed by atoms with van der Waals surface area (Å²) < 4.78 is 35.2. The van der Waals surface area contributed by atoms with Crippen molar-refractivity contribution >= 4 is 15.7 Å². The first kappa shape index (κ1) is 22.2. The lowest BCUT2D eigenvalue weighted by molar-refractivity contribution is -0.136. The predicted octanol–water partition coefficient (Wildman–Crippen LogP) is 3.30. The summed E-state index contributed by atoms with van der Waals surface area (Å²) >= 11 is 0. The molecule has 1 amide bonds. The lowest BCUT2D eigenvalue weighted by Crippen LogP contribution is -2.43. The van der Waals surface area contributed by atoms with E-state index < -0.39 is 9.84 Å². The van der Waals surface area contributed by atoms with Crippen LogP contribution in [0.15, 0.2) is 42.5 Å². The van der Waals surface area contributed by atoms with Crippen LogP contribution in [0.25, 0.3) is 0 Å². The van der Waals surface area contributed by atoms with Gasteiger partial charge in [0.2, 0.25) is 0 Å². The number of ether oxygens (including phenoxy) is 2. The molecule has 0 N–H and O–H groups in total. The van der Waals surface area contributed by atoms with Crippen molar-refractivity contribution in [3.05, 3.63) is 59.2 Å². The van der Waals surface area contributed by atoms with Gasteiger partial charge in [0.25, 0.3) is 5.91 Å². The zero-order valence-corrected chi connectivity index (χ0v) is 18.6. The Hall–Kier alpha value is -2.54. The summed E-state index contributed by atoms with van der Waals surface area (Å²) in [6, 6.07) is 13.0. The molecule has 7 heteroatoms. The van der Waals surface area contributed by atoms with Crippen molar-refractivity contribution in [1.29, 1.82) is 0 Å². The molecular formula is C23H29NO5S. The van der Waals surface area contributed by atoms with E-state index in [0.717, 1.165) is 22.4 Å². The van der Waals surface area contributed by atoms with Crippen LogP contribution in [0.4, 0.5) is 0 Å². The highest BCUT2D eigenvalue weighted by Gasteiger charge is 2.34. The Labute approximate surface area is 178 Å². The number of benzene rings is 2. The Kier molecular flexibility index (Phi) is 7.02. The third-order valence-electron chi connectivity index (χ3n) is 5.11. The lowest BCUT2D eigenvalue weighted by Gasteiger charge is -2.28. The zero-order chi connectivity index (χ0) is 21.7. The van der Waals surface area contributed by atoms with Gasteiger partial charge < -0.3 is 14.4 Å². The van der Waals surface area contributed by atoms with Crippen LogP contribution in [-0.2, 0) is 21.2 Å². The largest absolute Gasteiger partial charge is 0.494 e. The van der Waals surface area contributed by atoms with E-state index >= 15 is 0 Å². The van der Waals surface area contributed by atoms with Crippen molar-refractivity contribution in [1.82, 2.24) is 4.90 Å². The minimum atomic E-state index is -3.11. The summed E-state index contributed by atoms with van der Waals surface area (Å²) in [6.45, 7) is 6.66. The number of aryl methyl sites for hydroxylation is 2. The number of carbonyl (C=O) groups is 1. The first-order chi connectivity index (χ1) is 14.3. The maximum atomic E-state index is 13.0. The summed E-state index contributed by atoms with van der Waals surface area (Å²) in [5, 5.41) is 0. The molecule has 1 aliphatic rings. The highest BCUT2D eigenvalue weighted by Crippen LogP contribution is 2.22. The Morgan fingerprint density at radius 1 is 1.03 bits per heavy atom. The molecule has 0 bridgehead atoms. The molecule has 0 aliphatic carbocycles. The first-order valence-electron chi connectivity index (χ1n) is 10.2.